The Hall–Kier alpha value is -3.19. The number of carboxylic acid groups (broad SMARTS) is 1. The van der Waals surface area contributed by atoms with Crippen molar-refractivity contribution in [1.29, 1.82) is 0 Å². The molecule has 29 heavy (non-hydrogen) atoms. The number of amides is 2. The number of para-hydroxylation sites is 1. The molecule has 0 bridgehead atoms. The zero-order valence-electron chi connectivity index (χ0n) is 16.3. The van der Waals surface area contributed by atoms with Crippen molar-refractivity contribution in [3.63, 3.8) is 0 Å². The number of aliphatic carboxylic acids is 1. The molecule has 0 aromatic heterocycles. The summed E-state index contributed by atoms with van der Waals surface area (Å²) >= 11 is 0. The molecule has 0 heterocycles. The maximum absolute atomic E-state index is 12.7. The first-order chi connectivity index (χ1) is 14.0. The summed E-state index contributed by atoms with van der Waals surface area (Å²) in [5, 5.41) is 14.8. The Morgan fingerprint density at radius 1 is 1.00 bits per heavy atom. The number of hydrogen-bond acceptors (Lipinski definition) is 4. The minimum absolute atomic E-state index is 0.00627. The van der Waals surface area contributed by atoms with Gasteiger partial charge < -0.3 is 15.7 Å². The van der Waals surface area contributed by atoms with Gasteiger partial charge in [0, 0.05) is 17.6 Å². The molecular weight excluding hydrogens is 370 g/mol. The highest BCUT2D eigenvalue weighted by atomic mass is 16.4. The Morgan fingerprint density at radius 3 is 2.31 bits per heavy atom. The summed E-state index contributed by atoms with van der Waals surface area (Å²) in [5.41, 5.74) is 1.37. The first kappa shape index (κ1) is 20.5. The lowest BCUT2D eigenvalue weighted by Crippen LogP contribution is -2.54. The van der Waals surface area contributed by atoms with E-state index in [4.69, 9.17) is 5.11 Å². The van der Waals surface area contributed by atoms with E-state index in [1.807, 2.05) is 17.9 Å². The van der Waals surface area contributed by atoms with Gasteiger partial charge in [0.1, 0.15) is 0 Å². The molecule has 1 aliphatic carbocycles. The summed E-state index contributed by atoms with van der Waals surface area (Å²) in [6.07, 6.45) is 1.43. The minimum atomic E-state index is -0.845. The summed E-state index contributed by atoms with van der Waals surface area (Å²) in [4.78, 5) is 38.0. The SMILES string of the molecule is CCN(CC(=O)O)C1CC(NC(=O)c2ccccc2NC(=O)c2ccccc2)C1. The van der Waals surface area contributed by atoms with E-state index in [1.165, 1.54) is 0 Å². The van der Waals surface area contributed by atoms with Crippen LogP contribution in [0.1, 0.15) is 40.5 Å². The van der Waals surface area contributed by atoms with Crippen LogP contribution in [0.5, 0.6) is 0 Å². The largest absolute Gasteiger partial charge is 0.480 e. The molecule has 2 amide bonds. The Morgan fingerprint density at radius 2 is 1.66 bits per heavy atom. The Bertz CT molecular complexity index is 879. The smallest absolute Gasteiger partial charge is 0.317 e. The van der Waals surface area contributed by atoms with E-state index in [9.17, 15) is 14.4 Å². The lowest BCUT2D eigenvalue weighted by Gasteiger charge is -2.42. The number of carboxylic acids is 1. The van der Waals surface area contributed by atoms with E-state index in [0.717, 1.165) is 0 Å². The van der Waals surface area contributed by atoms with E-state index in [0.29, 0.717) is 36.2 Å². The fourth-order valence-electron chi connectivity index (χ4n) is 3.51. The molecule has 3 N–H and O–H groups in total. The van der Waals surface area contributed by atoms with Crippen LogP contribution in [0.25, 0.3) is 0 Å². The zero-order chi connectivity index (χ0) is 20.8. The quantitative estimate of drug-likeness (QED) is 0.638. The van der Waals surface area contributed by atoms with Crippen LogP contribution in [0, 0.1) is 0 Å². The molecule has 2 aromatic carbocycles. The van der Waals surface area contributed by atoms with Crippen molar-refractivity contribution in [3.05, 3.63) is 65.7 Å². The highest BCUT2D eigenvalue weighted by Gasteiger charge is 2.35. The van der Waals surface area contributed by atoms with Crippen LogP contribution in [-0.4, -0.2) is 53.0 Å². The average Bonchev–Trinajstić information content (AvgIpc) is 2.69. The van der Waals surface area contributed by atoms with E-state index in [-0.39, 0.29) is 30.4 Å². The number of nitrogens with zero attached hydrogens (tertiary/aromatic N) is 1. The second kappa shape index (κ2) is 9.34. The Kier molecular flexibility index (Phi) is 6.61. The predicted molar refractivity (Wildman–Crippen MR) is 110 cm³/mol. The van der Waals surface area contributed by atoms with Crippen LogP contribution in [0.2, 0.25) is 0 Å². The lowest BCUT2D eigenvalue weighted by molar-refractivity contribution is -0.139. The number of carbonyl (C=O) groups excluding carboxylic acids is 2. The van der Waals surface area contributed by atoms with Gasteiger partial charge in [-0.1, -0.05) is 37.3 Å². The second-order valence-electron chi connectivity index (χ2n) is 7.12. The van der Waals surface area contributed by atoms with Crippen LogP contribution in [0.15, 0.2) is 54.6 Å². The molecule has 2 aromatic rings. The fraction of sp³-hybridized carbons (Fsp3) is 0.318. The van der Waals surface area contributed by atoms with Crippen molar-refractivity contribution < 1.29 is 19.5 Å². The topological polar surface area (TPSA) is 98.7 Å². The van der Waals surface area contributed by atoms with Gasteiger partial charge in [-0.3, -0.25) is 19.3 Å². The molecule has 7 nitrogen and oxygen atoms in total. The fourth-order valence-corrected chi connectivity index (χ4v) is 3.51. The Balaban J connectivity index is 1.60. The zero-order valence-corrected chi connectivity index (χ0v) is 16.3. The number of hydrogen-bond donors (Lipinski definition) is 3. The average molecular weight is 395 g/mol. The van der Waals surface area contributed by atoms with Crippen molar-refractivity contribution in [1.82, 2.24) is 10.2 Å². The van der Waals surface area contributed by atoms with Gasteiger partial charge in [0.15, 0.2) is 0 Å². The third kappa shape index (κ3) is 5.20. The molecule has 1 saturated carbocycles. The molecule has 0 radical (unpaired) electrons. The standard InChI is InChI=1S/C22H25N3O4/c1-2-25(14-20(26)27)17-12-16(13-17)23-22(29)18-10-6-7-11-19(18)24-21(28)15-8-4-3-5-9-15/h3-11,16-17H,2,12-14H2,1H3,(H,23,29)(H,24,28)(H,26,27). The molecule has 0 spiro atoms. The molecule has 0 unspecified atom stereocenters. The summed E-state index contributed by atoms with van der Waals surface area (Å²) in [5.74, 6) is -1.37. The molecular formula is C22H25N3O4. The van der Waals surface area contributed by atoms with Crippen molar-refractivity contribution in [2.45, 2.75) is 31.8 Å². The van der Waals surface area contributed by atoms with Crippen molar-refractivity contribution >= 4 is 23.5 Å². The van der Waals surface area contributed by atoms with Crippen LogP contribution in [0.4, 0.5) is 5.69 Å². The summed E-state index contributed by atoms with van der Waals surface area (Å²) in [6, 6.07) is 15.9. The summed E-state index contributed by atoms with van der Waals surface area (Å²) in [7, 11) is 0. The number of carbonyl (C=O) groups is 3. The predicted octanol–water partition coefficient (Wildman–Crippen LogP) is 2.61. The van der Waals surface area contributed by atoms with Gasteiger partial charge in [-0.25, -0.2) is 0 Å². The van der Waals surface area contributed by atoms with E-state index >= 15 is 0 Å². The minimum Gasteiger partial charge on any atom is -0.480 e. The molecule has 3 rings (SSSR count). The van der Waals surface area contributed by atoms with Crippen LogP contribution >= 0.6 is 0 Å². The number of rotatable bonds is 8. The number of nitrogens with one attached hydrogen (secondary N) is 2. The molecule has 152 valence electrons. The van der Waals surface area contributed by atoms with Crippen molar-refractivity contribution in [2.75, 3.05) is 18.4 Å². The van der Waals surface area contributed by atoms with Gasteiger partial charge in [-0.2, -0.15) is 0 Å². The maximum atomic E-state index is 12.7. The van der Waals surface area contributed by atoms with E-state index in [2.05, 4.69) is 10.6 Å². The van der Waals surface area contributed by atoms with Gasteiger partial charge in [0.05, 0.1) is 17.8 Å². The number of benzene rings is 2. The van der Waals surface area contributed by atoms with Gasteiger partial charge in [-0.05, 0) is 43.7 Å². The van der Waals surface area contributed by atoms with Crippen LogP contribution in [0.3, 0.4) is 0 Å². The first-order valence-corrected chi connectivity index (χ1v) is 9.70. The van der Waals surface area contributed by atoms with Gasteiger partial charge in [0.25, 0.3) is 11.8 Å². The van der Waals surface area contributed by atoms with Crippen molar-refractivity contribution in [3.8, 4) is 0 Å². The summed E-state index contributed by atoms with van der Waals surface area (Å²) in [6.45, 7) is 2.60. The second-order valence-corrected chi connectivity index (χ2v) is 7.12. The third-order valence-electron chi connectivity index (χ3n) is 5.17. The molecule has 0 aliphatic heterocycles. The summed E-state index contributed by atoms with van der Waals surface area (Å²) < 4.78 is 0. The molecule has 1 aliphatic rings. The normalized spacial score (nSPS) is 18.0. The molecule has 0 saturated heterocycles. The highest BCUT2D eigenvalue weighted by molar-refractivity contribution is 6.09. The van der Waals surface area contributed by atoms with E-state index in [1.54, 1.807) is 48.5 Å². The van der Waals surface area contributed by atoms with Gasteiger partial charge in [-0.15, -0.1) is 0 Å². The highest BCUT2D eigenvalue weighted by Crippen LogP contribution is 2.26. The van der Waals surface area contributed by atoms with Gasteiger partial charge in [0.2, 0.25) is 0 Å². The molecule has 0 atom stereocenters. The van der Waals surface area contributed by atoms with E-state index < -0.39 is 5.97 Å². The number of likely N-dealkylation sites (N-methyl/N-ethyl adjacent to an activating group) is 1. The Labute approximate surface area is 169 Å². The lowest BCUT2D eigenvalue weighted by atomic mass is 9.85. The third-order valence-corrected chi connectivity index (χ3v) is 5.17. The van der Waals surface area contributed by atoms with Crippen LogP contribution < -0.4 is 10.6 Å². The molecule has 1 fully saturated rings. The van der Waals surface area contributed by atoms with Crippen molar-refractivity contribution in [2.24, 2.45) is 0 Å². The number of anilines is 1. The maximum Gasteiger partial charge on any atom is 0.317 e. The monoisotopic (exact) mass is 395 g/mol. The van der Waals surface area contributed by atoms with Crippen LogP contribution in [-0.2, 0) is 4.79 Å². The van der Waals surface area contributed by atoms with Gasteiger partial charge >= 0.3 is 5.97 Å². The first-order valence-electron chi connectivity index (χ1n) is 9.70. The molecule has 7 heteroatoms.